The standard InChI is InChI=1S/C22H26BrNO/c1-14-6-18(23)2-4-20(14)21-5-3-19(25-21)13-24-22-10-15-7-16(11-22)9-17(8-15)12-22/h2-6,15-17,24H,7-13H2,1H3. The van der Waals surface area contributed by atoms with E-state index in [4.69, 9.17) is 4.42 Å². The van der Waals surface area contributed by atoms with Crippen molar-refractivity contribution < 1.29 is 4.42 Å². The number of halogens is 1. The molecule has 0 amide bonds. The number of hydrogen-bond donors (Lipinski definition) is 1. The fourth-order valence-electron chi connectivity index (χ4n) is 6.12. The lowest BCUT2D eigenvalue weighted by atomic mass is 9.53. The van der Waals surface area contributed by atoms with Crippen molar-refractivity contribution in [2.24, 2.45) is 17.8 Å². The van der Waals surface area contributed by atoms with E-state index in [9.17, 15) is 0 Å². The van der Waals surface area contributed by atoms with Crippen LogP contribution in [0.2, 0.25) is 0 Å². The Labute approximate surface area is 158 Å². The lowest BCUT2D eigenvalue weighted by Gasteiger charge is -2.57. The number of benzene rings is 1. The molecule has 2 nitrogen and oxygen atoms in total. The maximum absolute atomic E-state index is 6.18. The molecule has 0 radical (unpaired) electrons. The van der Waals surface area contributed by atoms with E-state index in [0.717, 1.165) is 40.3 Å². The molecule has 25 heavy (non-hydrogen) atoms. The van der Waals surface area contributed by atoms with E-state index >= 15 is 0 Å². The van der Waals surface area contributed by atoms with E-state index in [0.29, 0.717) is 5.54 Å². The second-order valence-electron chi connectivity index (χ2n) is 8.78. The van der Waals surface area contributed by atoms with Gasteiger partial charge in [-0.25, -0.2) is 0 Å². The predicted molar refractivity (Wildman–Crippen MR) is 104 cm³/mol. The molecular formula is C22H26BrNO. The van der Waals surface area contributed by atoms with Crippen molar-refractivity contribution in [2.45, 2.75) is 57.5 Å². The Balaban J connectivity index is 1.30. The topological polar surface area (TPSA) is 25.2 Å². The molecule has 1 N–H and O–H groups in total. The SMILES string of the molecule is Cc1cc(Br)ccc1-c1ccc(CNC23CC4CC(CC(C4)C2)C3)o1. The molecule has 4 aliphatic carbocycles. The molecule has 132 valence electrons. The smallest absolute Gasteiger partial charge is 0.134 e. The average molecular weight is 400 g/mol. The van der Waals surface area contributed by atoms with Crippen LogP contribution in [0, 0.1) is 24.7 Å². The van der Waals surface area contributed by atoms with Gasteiger partial charge in [0.2, 0.25) is 0 Å². The van der Waals surface area contributed by atoms with E-state index in [1.54, 1.807) is 0 Å². The molecule has 0 atom stereocenters. The minimum absolute atomic E-state index is 0.398. The highest BCUT2D eigenvalue weighted by molar-refractivity contribution is 9.10. The van der Waals surface area contributed by atoms with Crippen molar-refractivity contribution in [3.8, 4) is 11.3 Å². The van der Waals surface area contributed by atoms with E-state index in [-0.39, 0.29) is 0 Å². The Morgan fingerprint density at radius 2 is 1.72 bits per heavy atom. The molecule has 0 unspecified atom stereocenters. The summed E-state index contributed by atoms with van der Waals surface area (Å²) in [5.41, 5.74) is 2.82. The van der Waals surface area contributed by atoms with Crippen LogP contribution in [0.4, 0.5) is 0 Å². The lowest BCUT2D eigenvalue weighted by molar-refractivity contribution is -0.0213. The van der Waals surface area contributed by atoms with Gasteiger partial charge in [-0.15, -0.1) is 0 Å². The highest BCUT2D eigenvalue weighted by Crippen LogP contribution is 2.55. The number of aryl methyl sites for hydroxylation is 1. The third-order valence-electron chi connectivity index (χ3n) is 6.79. The van der Waals surface area contributed by atoms with E-state index < -0.39 is 0 Å². The summed E-state index contributed by atoms with van der Waals surface area (Å²) in [5.74, 6) is 4.99. The maximum Gasteiger partial charge on any atom is 0.134 e. The Kier molecular flexibility index (Phi) is 3.87. The largest absolute Gasteiger partial charge is 0.460 e. The van der Waals surface area contributed by atoms with Gasteiger partial charge in [-0.1, -0.05) is 15.9 Å². The Bertz CT molecular complexity index is 758. The van der Waals surface area contributed by atoms with Crippen molar-refractivity contribution in [2.75, 3.05) is 0 Å². The monoisotopic (exact) mass is 399 g/mol. The van der Waals surface area contributed by atoms with Gasteiger partial charge in [0, 0.05) is 15.6 Å². The summed E-state index contributed by atoms with van der Waals surface area (Å²) >= 11 is 3.53. The van der Waals surface area contributed by atoms with Crippen LogP contribution >= 0.6 is 15.9 Å². The zero-order valence-electron chi connectivity index (χ0n) is 14.9. The molecule has 0 saturated heterocycles. The lowest BCUT2D eigenvalue weighted by Crippen LogP contribution is -2.58. The molecule has 4 fully saturated rings. The van der Waals surface area contributed by atoms with Crippen molar-refractivity contribution in [1.82, 2.24) is 5.32 Å². The summed E-state index contributed by atoms with van der Waals surface area (Å²) in [4.78, 5) is 0. The van der Waals surface area contributed by atoms with Crippen LogP contribution in [0.1, 0.15) is 49.8 Å². The zero-order valence-corrected chi connectivity index (χ0v) is 16.4. The fraction of sp³-hybridized carbons (Fsp3) is 0.545. The number of rotatable bonds is 4. The minimum atomic E-state index is 0.398. The molecule has 0 aliphatic heterocycles. The van der Waals surface area contributed by atoms with Gasteiger partial charge in [0.15, 0.2) is 0 Å². The van der Waals surface area contributed by atoms with Crippen LogP contribution in [0.3, 0.4) is 0 Å². The van der Waals surface area contributed by atoms with Crippen LogP contribution in [-0.4, -0.2) is 5.54 Å². The molecule has 4 aliphatic rings. The van der Waals surface area contributed by atoms with Gasteiger partial charge in [0.05, 0.1) is 6.54 Å². The van der Waals surface area contributed by atoms with E-state index in [1.807, 2.05) is 0 Å². The molecule has 3 heteroatoms. The van der Waals surface area contributed by atoms with Crippen LogP contribution in [0.25, 0.3) is 11.3 Å². The van der Waals surface area contributed by atoms with Crippen molar-refractivity contribution in [3.63, 3.8) is 0 Å². The molecule has 1 aromatic carbocycles. The van der Waals surface area contributed by atoms with Crippen LogP contribution < -0.4 is 5.32 Å². The normalized spacial score (nSPS) is 33.1. The summed E-state index contributed by atoms with van der Waals surface area (Å²) in [6.07, 6.45) is 8.65. The van der Waals surface area contributed by atoms with Gasteiger partial charge < -0.3 is 9.73 Å². The third kappa shape index (κ3) is 3.00. The quantitative estimate of drug-likeness (QED) is 0.673. The first-order chi connectivity index (χ1) is 12.1. The number of hydrogen-bond acceptors (Lipinski definition) is 2. The molecule has 1 heterocycles. The van der Waals surface area contributed by atoms with E-state index in [2.05, 4.69) is 58.5 Å². The molecule has 0 spiro atoms. The first kappa shape index (κ1) is 16.1. The van der Waals surface area contributed by atoms with Crippen molar-refractivity contribution >= 4 is 15.9 Å². The first-order valence-corrected chi connectivity index (χ1v) is 10.5. The number of nitrogens with one attached hydrogen (secondary N) is 1. The van der Waals surface area contributed by atoms with Gasteiger partial charge in [-0.2, -0.15) is 0 Å². The molecule has 4 saturated carbocycles. The average Bonchev–Trinajstić information content (AvgIpc) is 3.00. The first-order valence-electron chi connectivity index (χ1n) is 9.69. The van der Waals surface area contributed by atoms with Crippen molar-refractivity contribution in [3.05, 3.63) is 46.1 Å². The Hall–Kier alpha value is -1.06. The molecule has 1 aromatic heterocycles. The van der Waals surface area contributed by atoms with E-state index in [1.165, 1.54) is 49.7 Å². The second kappa shape index (κ2) is 5.99. The maximum atomic E-state index is 6.18. The summed E-state index contributed by atoms with van der Waals surface area (Å²) in [7, 11) is 0. The zero-order chi connectivity index (χ0) is 17.0. The van der Waals surface area contributed by atoms with Gasteiger partial charge >= 0.3 is 0 Å². The highest BCUT2D eigenvalue weighted by Gasteiger charge is 2.50. The van der Waals surface area contributed by atoms with Gasteiger partial charge in [0.1, 0.15) is 11.5 Å². The predicted octanol–water partition coefficient (Wildman–Crippen LogP) is 6.08. The third-order valence-corrected chi connectivity index (χ3v) is 7.28. The van der Waals surface area contributed by atoms with Crippen LogP contribution in [0.5, 0.6) is 0 Å². The Morgan fingerprint density at radius 3 is 2.36 bits per heavy atom. The second-order valence-corrected chi connectivity index (χ2v) is 9.69. The molecule has 4 bridgehead atoms. The van der Waals surface area contributed by atoms with Crippen LogP contribution in [0.15, 0.2) is 39.2 Å². The minimum Gasteiger partial charge on any atom is -0.460 e. The molecule has 6 rings (SSSR count). The van der Waals surface area contributed by atoms with Gasteiger partial charge in [0.25, 0.3) is 0 Å². The van der Waals surface area contributed by atoms with Gasteiger partial charge in [-0.05, 0) is 99.1 Å². The van der Waals surface area contributed by atoms with Crippen molar-refractivity contribution in [1.29, 1.82) is 0 Å². The Morgan fingerprint density at radius 1 is 1.04 bits per heavy atom. The molecular weight excluding hydrogens is 374 g/mol. The number of furan rings is 1. The summed E-state index contributed by atoms with van der Waals surface area (Å²) in [6, 6.07) is 10.6. The highest BCUT2D eigenvalue weighted by atomic mass is 79.9. The summed E-state index contributed by atoms with van der Waals surface area (Å²) in [6.45, 7) is 3.00. The van der Waals surface area contributed by atoms with Gasteiger partial charge in [-0.3, -0.25) is 0 Å². The van der Waals surface area contributed by atoms with Crippen LogP contribution in [-0.2, 0) is 6.54 Å². The molecule has 2 aromatic rings. The summed E-state index contributed by atoms with van der Waals surface area (Å²) < 4.78 is 7.29. The fourth-order valence-corrected chi connectivity index (χ4v) is 6.60. The summed E-state index contributed by atoms with van der Waals surface area (Å²) in [5, 5.41) is 3.93.